The Kier molecular flexibility index (Phi) is 5.00. The molecule has 1 saturated carbocycles. The molecule has 1 aromatic rings. The first-order chi connectivity index (χ1) is 8.79. The van der Waals surface area contributed by atoms with Crippen LogP contribution in [-0.4, -0.2) is 12.4 Å². The summed E-state index contributed by atoms with van der Waals surface area (Å²) in [5.74, 6) is 0.397. The SMILES string of the molecule is N#CC(=NCNc1ccc(I)cc1)C1CCCC1. The van der Waals surface area contributed by atoms with Crippen LogP contribution in [0.15, 0.2) is 29.3 Å². The highest BCUT2D eigenvalue weighted by atomic mass is 127. The molecule has 3 nitrogen and oxygen atoms in total. The maximum atomic E-state index is 9.11. The average Bonchev–Trinajstić information content (AvgIpc) is 2.91. The average molecular weight is 353 g/mol. The van der Waals surface area contributed by atoms with Crippen LogP contribution in [0, 0.1) is 20.8 Å². The molecular formula is C14H16IN3. The number of nitriles is 1. The number of hydrogen-bond donors (Lipinski definition) is 1. The number of rotatable bonds is 4. The molecule has 0 atom stereocenters. The van der Waals surface area contributed by atoms with Crippen LogP contribution in [0.3, 0.4) is 0 Å². The molecule has 1 aliphatic carbocycles. The monoisotopic (exact) mass is 353 g/mol. The lowest BCUT2D eigenvalue weighted by molar-refractivity contribution is 0.729. The molecule has 0 heterocycles. The molecule has 0 bridgehead atoms. The van der Waals surface area contributed by atoms with E-state index in [4.69, 9.17) is 5.26 Å². The van der Waals surface area contributed by atoms with Crippen LogP contribution in [0.25, 0.3) is 0 Å². The standard InChI is InChI=1S/C14H16IN3/c15-12-5-7-13(8-6-12)17-10-18-14(9-16)11-3-1-2-4-11/h5-8,11,17H,1-4,10H2. The second-order valence-corrected chi connectivity index (χ2v) is 5.72. The van der Waals surface area contributed by atoms with Gasteiger partial charge < -0.3 is 5.32 Å². The lowest BCUT2D eigenvalue weighted by atomic mass is 10.0. The summed E-state index contributed by atoms with van der Waals surface area (Å²) in [4.78, 5) is 4.38. The van der Waals surface area contributed by atoms with Gasteiger partial charge in [0.05, 0.1) is 0 Å². The van der Waals surface area contributed by atoms with Gasteiger partial charge in [0.15, 0.2) is 0 Å². The van der Waals surface area contributed by atoms with Crippen molar-refractivity contribution >= 4 is 34.0 Å². The highest BCUT2D eigenvalue weighted by Crippen LogP contribution is 2.25. The molecular weight excluding hydrogens is 337 g/mol. The Morgan fingerprint density at radius 2 is 2.00 bits per heavy atom. The van der Waals surface area contributed by atoms with E-state index in [0.29, 0.717) is 18.3 Å². The highest BCUT2D eigenvalue weighted by molar-refractivity contribution is 14.1. The van der Waals surface area contributed by atoms with Crippen molar-refractivity contribution in [3.63, 3.8) is 0 Å². The van der Waals surface area contributed by atoms with Crippen LogP contribution in [0.4, 0.5) is 5.69 Å². The van der Waals surface area contributed by atoms with Crippen LogP contribution in [0.5, 0.6) is 0 Å². The highest BCUT2D eigenvalue weighted by Gasteiger charge is 2.20. The minimum atomic E-state index is 0.397. The van der Waals surface area contributed by atoms with Gasteiger partial charge >= 0.3 is 0 Å². The summed E-state index contributed by atoms with van der Waals surface area (Å²) >= 11 is 2.28. The Hall–Kier alpha value is -1.09. The summed E-state index contributed by atoms with van der Waals surface area (Å²) in [5, 5.41) is 12.3. The van der Waals surface area contributed by atoms with Crippen molar-refractivity contribution in [3.05, 3.63) is 27.8 Å². The molecule has 1 aromatic carbocycles. The fourth-order valence-electron chi connectivity index (χ4n) is 2.24. The van der Waals surface area contributed by atoms with Crippen molar-refractivity contribution < 1.29 is 0 Å². The Morgan fingerprint density at radius 1 is 1.33 bits per heavy atom. The van der Waals surface area contributed by atoms with Crippen LogP contribution < -0.4 is 5.32 Å². The van der Waals surface area contributed by atoms with Gasteiger partial charge in [-0.25, -0.2) is 0 Å². The maximum Gasteiger partial charge on any atom is 0.117 e. The second kappa shape index (κ2) is 6.74. The lowest BCUT2D eigenvalue weighted by Gasteiger charge is -2.07. The van der Waals surface area contributed by atoms with Gasteiger partial charge in [0.1, 0.15) is 18.4 Å². The molecule has 4 heteroatoms. The van der Waals surface area contributed by atoms with E-state index in [1.54, 1.807) is 0 Å². The molecule has 0 aliphatic heterocycles. The zero-order valence-electron chi connectivity index (χ0n) is 10.2. The summed E-state index contributed by atoms with van der Waals surface area (Å²) in [6.45, 7) is 0.486. The van der Waals surface area contributed by atoms with Crippen molar-refractivity contribution in [1.82, 2.24) is 0 Å². The van der Waals surface area contributed by atoms with Crippen molar-refractivity contribution in [2.75, 3.05) is 12.0 Å². The quantitative estimate of drug-likeness (QED) is 0.661. The van der Waals surface area contributed by atoms with E-state index in [9.17, 15) is 0 Å². The third-order valence-electron chi connectivity index (χ3n) is 3.23. The van der Waals surface area contributed by atoms with Crippen molar-refractivity contribution in [3.8, 4) is 6.07 Å². The number of benzene rings is 1. The van der Waals surface area contributed by atoms with Gasteiger partial charge in [0, 0.05) is 15.2 Å². The first-order valence-electron chi connectivity index (χ1n) is 6.23. The Bertz CT molecular complexity index is 453. The molecule has 0 unspecified atom stereocenters. The van der Waals surface area contributed by atoms with E-state index in [1.165, 1.54) is 16.4 Å². The second-order valence-electron chi connectivity index (χ2n) is 4.48. The van der Waals surface area contributed by atoms with E-state index in [1.807, 2.05) is 12.1 Å². The normalized spacial score (nSPS) is 16.6. The van der Waals surface area contributed by atoms with Gasteiger partial charge in [0.2, 0.25) is 0 Å². The predicted octanol–water partition coefficient (Wildman–Crippen LogP) is 3.82. The Morgan fingerprint density at radius 3 is 2.61 bits per heavy atom. The number of aliphatic imine (C=N–C) groups is 1. The fraction of sp³-hybridized carbons (Fsp3) is 0.429. The lowest BCUT2D eigenvalue weighted by Crippen LogP contribution is -2.11. The first-order valence-corrected chi connectivity index (χ1v) is 7.31. The van der Waals surface area contributed by atoms with Gasteiger partial charge in [-0.05, 0) is 59.7 Å². The minimum Gasteiger partial charge on any atom is -0.366 e. The van der Waals surface area contributed by atoms with Crippen LogP contribution >= 0.6 is 22.6 Å². The molecule has 1 N–H and O–H groups in total. The topological polar surface area (TPSA) is 48.2 Å². The van der Waals surface area contributed by atoms with Crippen molar-refractivity contribution in [2.45, 2.75) is 25.7 Å². The molecule has 1 aliphatic rings. The number of nitrogens with one attached hydrogen (secondary N) is 1. The molecule has 0 saturated heterocycles. The molecule has 18 heavy (non-hydrogen) atoms. The van der Waals surface area contributed by atoms with E-state index >= 15 is 0 Å². The molecule has 0 radical (unpaired) electrons. The van der Waals surface area contributed by atoms with E-state index in [2.05, 4.69) is 51.1 Å². The van der Waals surface area contributed by atoms with Gasteiger partial charge in [-0.1, -0.05) is 12.8 Å². The maximum absolute atomic E-state index is 9.11. The molecule has 94 valence electrons. The van der Waals surface area contributed by atoms with Crippen molar-refractivity contribution in [1.29, 1.82) is 5.26 Å². The summed E-state index contributed by atoms with van der Waals surface area (Å²) in [6, 6.07) is 10.4. The predicted molar refractivity (Wildman–Crippen MR) is 82.7 cm³/mol. The van der Waals surface area contributed by atoms with E-state index < -0.39 is 0 Å². The largest absolute Gasteiger partial charge is 0.366 e. The van der Waals surface area contributed by atoms with E-state index in [0.717, 1.165) is 18.5 Å². The third-order valence-corrected chi connectivity index (χ3v) is 3.95. The van der Waals surface area contributed by atoms with Crippen LogP contribution in [0.1, 0.15) is 25.7 Å². The molecule has 1 fully saturated rings. The molecule has 0 aromatic heterocycles. The number of anilines is 1. The van der Waals surface area contributed by atoms with Crippen LogP contribution in [-0.2, 0) is 0 Å². The van der Waals surface area contributed by atoms with Gasteiger partial charge in [-0.2, -0.15) is 5.26 Å². The third kappa shape index (κ3) is 3.70. The zero-order chi connectivity index (χ0) is 12.8. The number of hydrogen-bond acceptors (Lipinski definition) is 3. The van der Waals surface area contributed by atoms with E-state index in [-0.39, 0.29) is 0 Å². The summed E-state index contributed by atoms with van der Waals surface area (Å²) in [7, 11) is 0. The van der Waals surface area contributed by atoms with Crippen LogP contribution in [0.2, 0.25) is 0 Å². The van der Waals surface area contributed by atoms with Crippen molar-refractivity contribution in [2.24, 2.45) is 10.9 Å². The fourth-order valence-corrected chi connectivity index (χ4v) is 2.60. The summed E-state index contributed by atoms with van der Waals surface area (Å²) in [6.07, 6.45) is 4.71. The van der Waals surface area contributed by atoms with Gasteiger partial charge in [-0.3, -0.25) is 4.99 Å². The Balaban J connectivity index is 1.89. The smallest absolute Gasteiger partial charge is 0.117 e. The van der Waals surface area contributed by atoms with Gasteiger partial charge in [0.25, 0.3) is 0 Å². The molecule has 0 spiro atoms. The first kappa shape index (κ1) is 13.3. The molecule has 2 rings (SSSR count). The summed E-state index contributed by atoms with van der Waals surface area (Å²) < 4.78 is 1.21. The number of nitrogens with zero attached hydrogens (tertiary/aromatic N) is 2. The Labute approximate surface area is 121 Å². The molecule has 0 amide bonds. The van der Waals surface area contributed by atoms with Gasteiger partial charge in [-0.15, -0.1) is 0 Å². The zero-order valence-corrected chi connectivity index (χ0v) is 12.4. The minimum absolute atomic E-state index is 0.397. The number of halogens is 1. The summed E-state index contributed by atoms with van der Waals surface area (Å²) in [5.41, 5.74) is 1.76.